The van der Waals surface area contributed by atoms with Gasteiger partial charge in [-0.25, -0.2) is 0 Å². The molecule has 1 rings (SSSR count). The fraction of sp³-hybridized carbons (Fsp3) is 0.842. The fourth-order valence-electron chi connectivity index (χ4n) is 3.52. The molecule has 0 aromatic heterocycles. The van der Waals surface area contributed by atoms with E-state index in [4.69, 9.17) is 10.2 Å². The molecule has 0 radical (unpaired) electrons. The molecule has 0 bridgehead atoms. The number of carbonyl (C=O) groups excluding carboxylic acids is 3. The topological polar surface area (TPSA) is 128 Å². The van der Waals surface area contributed by atoms with Crippen LogP contribution in [0.3, 0.4) is 0 Å². The van der Waals surface area contributed by atoms with Crippen molar-refractivity contribution in [3.8, 4) is 0 Å². The van der Waals surface area contributed by atoms with Gasteiger partial charge in [0.05, 0.1) is 13.2 Å². The molecule has 1 aliphatic carbocycles. The van der Waals surface area contributed by atoms with Gasteiger partial charge in [0.15, 0.2) is 0 Å². The Kier molecular flexibility index (Phi) is 11.7. The average molecular weight is 386 g/mol. The lowest BCUT2D eigenvalue weighted by Gasteiger charge is -2.33. The summed E-state index contributed by atoms with van der Waals surface area (Å²) in [4.78, 5) is 37.2. The number of carbonyl (C=O) groups is 3. The second-order valence-corrected chi connectivity index (χ2v) is 7.18. The number of hydrogen-bond donors (Lipinski definition) is 5. The molecule has 2 atom stereocenters. The molecule has 156 valence electrons. The van der Waals surface area contributed by atoms with Crippen molar-refractivity contribution in [2.45, 2.75) is 51.9 Å². The third-order valence-electron chi connectivity index (χ3n) is 4.97. The molecule has 0 heterocycles. The van der Waals surface area contributed by atoms with E-state index in [1.165, 1.54) is 0 Å². The van der Waals surface area contributed by atoms with E-state index in [2.05, 4.69) is 22.9 Å². The van der Waals surface area contributed by atoms with E-state index in [0.717, 1.165) is 25.7 Å². The Morgan fingerprint density at radius 1 is 0.704 bits per heavy atom. The minimum absolute atomic E-state index is 0.105. The maximum Gasteiger partial charge on any atom is 0.223 e. The predicted molar refractivity (Wildman–Crippen MR) is 102 cm³/mol. The summed E-state index contributed by atoms with van der Waals surface area (Å²) in [5, 5.41) is 26.0. The van der Waals surface area contributed by atoms with Gasteiger partial charge >= 0.3 is 0 Å². The van der Waals surface area contributed by atoms with Gasteiger partial charge in [0, 0.05) is 37.4 Å². The average Bonchev–Trinajstić information content (AvgIpc) is 2.69. The molecule has 8 nitrogen and oxygen atoms in total. The summed E-state index contributed by atoms with van der Waals surface area (Å²) in [6.07, 6.45) is 5.44. The summed E-state index contributed by atoms with van der Waals surface area (Å²) in [6, 6.07) is 0. The van der Waals surface area contributed by atoms with Crippen molar-refractivity contribution >= 4 is 17.7 Å². The van der Waals surface area contributed by atoms with Gasteiger partial charge in [-0.1, -0.05) is 26.2 Å². The zero-order chi connectivity index (χ0) is 20.1. The standard InChI is InChI=1S/C19H35N3O5/c1-2-3-4-5-6-20-17(25)14-11-15(18(26)21-7-9-23)13-16(12-14)19(27)22-8-10-24/h14-16,23-24H,2-13H2,1H3,(H,20,25)(H,21,26)(H,22,27). The van der Waals surface area contributed by atoms with E-state index < -0.39 is 11.8 Å². The first-order valence-corrected chi connectivity index (χ1v) is 10.1. The number of unbranched alkanes of at least 4 members (excludes halogenated alkanes) is 3. The molecule has 27 heavy (non-hydrogen) atoms. The lowest BCUT2D eigenvalue weighted by Crippen LogP contribution is -2.45. The maximum atomic E-state index is 12.5. The normalized spacial score (nSPS) is 22.1. The quantitative estimate of drug-likeness (QED) is 0.301. The molecule has 1 fully saturated rings. The van der Waals surface area contributed by atoms with E-state index in [0.29, 0.717) is 25.8 Å². The number of rotatable bonds is 12. The van der Waals surface area contributed by atoms with Crippen LogP contribution in [0.2, 0.25) is 0 Å². The lowest BCUT2D eigenvalue weighted by molar-refractivity contribution is -0.135. The van der Waals surface area contributed by atoms with Gasteiger partial charge < -0.3 is 26.2 Å². The van der Waals surface area contributed by atoms with Gasteiger partial charge in [0.1, 0.15) is 0 Å². The molecule has 3 amide bonds. The molecule has 8 heteroatoms. The van der Waals surface area contributed by atoms with E-state index in [-0.39, 0.29) is 49.9 Å². The van der Waals surface area contributed by atoms with Crippen molar-refractivity contribution in [3.05, 3.63) is 0 Å². The second-order valence-electron chi connectivity index (χ2n) is 7.18. The van der Waals surface area contributed by atoms with Crippen LogP contribution in [0.4, 0.5) is 0 Å². The maximum absolute atomic E-state index is 12.5. The summed E-state index contributed by atoms with van der Waals surface area (Å²) < 4.78 is 0. The molecule has 0 spiro atoms. The Hall–Kier alpha value is -1.67. The van der Waals surface area contributed by atoms with Crippen molar-refractivity contribution in [2.24, 2.45) is 17.8 Å². The Bertz CT molecular complexity index is 444. The van der Waals surface area contributed by atoms with Gasteiger partial charge in [-0.05, 0) is 25.7 Å². The first-order chi connectivity index (χ1) is 13.0. The number of nitrogens with one attached hydrogen (secondary N) is 3. The summed E-state index contributed by atoms with van der Waals surface area (Å²) in [5.74, 6) is -1.84. The van der Waals surface area contributed by atoms with Crippen LogP contribution < -0.4 is 16.0 Å². The molecule has 5 N–H and O–H groups in total. The molecular weight excluding hydrogens is 350 g/mol. The zero-order valence-corrected chi connectivity index (χ0v) is 16.3. The van der Waals surface area contributed by atoms with Crippen molar-refractivity contribution < 1.29 is 24.6 Å². The molecule has 2 unspecified atom stereocenters. The molecule has 0 saturated heterocycles. The minimum atomic E-state index is -0.439. The van der Waals surface area contributed by atoms with Crippen LogP contribution in [0, 0.1) is 17.8 Å². The van der Waals surface area contributed by atoms with E-state index in [1.807, 2.05) is 0 Å². The van der Waals surface area contributed by atoms with E-state index >= 15 is 0 Å². The second kappa shape index (κ2) is 13.5. The highest BCUT2D eigenvalue weighted by Crippen LogP contribution is 2.34. The molecule has 0 aromatic rings. The summed E-state index contributed by atoms with van der Waals surface area (Å²) in [6.45, 7) is 2.75. The minimum Gasteiger partial charge on any atom is -0.395 e. The molecular formula is C19H35N3O5. The predicted octanol–water partition coefficient (Wildman–Crippen LogP) is -0.0676. The Morgan fingerprint density at radius 2 is 1.11 bits per heavy atom. The van der Waals surface area contributed by atoms with Gasteiger partial charge in [-0.2, -0.15) is 0 Å². The summed E-state index contributed by atoms with van der Waals surface area (Å²) in [5.41, 5.74) is 0. The van der Waals surface area contributed by atoms with Crippen molar-refractivity contribution in [1.82, 2.24) is 16.0 Å². The van der Waals surface area contributed by atoms with E-state index in [9.17, 15) is 14.4 Å². The smallest absolute Gasteiger partial charge is 0.223 e. The first kappa shape index (κ1) is 23.4. The van der Waals surface area contributed by atoms with Gasteiger partial charge in [-0.3, -0.25) is 14.4 Å². The zero-order valence-electron chi connectivity index (χ0n) is 16.3. The highest BCUT2D eigenvalue weighted by atomic mass is 16.3. The number of aliphatic hydroxyl groups excluding tert-OH is 2. The molecule has 0 aromatic carbocycles. The highest BCUT2D eigenvalue weighted by molar-refractivity contribution is 5.85. The number of aliphatic hydroxyl groups is 2. The van der Waals surface area contributed by atoms with Crippen LogP contribution in [0.25, 0.3) is 0 Å². The van der Waals surface area contributed by atoms with Crippen LogP contribution in [-0.2, 0) is 14.4 Å². The Labute approximate surface area is 161 Å². The largest absolute Gasteiger partial charge is 0.395 e. The summed E-state index contributed by atoms with van der Waals surface area (Å²) in [7, 11) is 0. The SMILES string of the molecule is CCCCCCNC(=O)C1CC(C(=O)NCCO)CC(C(=O)NCCO)C1. The lowest BCUT2D eigenvalue weighted by atomic mass is 9.74. The van der Waals surface area contributed by atoms with Gasteiger partial charge in [0.2, 0.25) is 17.7 Å². The summed E-state index contributed by atoms with van der Waals surface area (Å²) >= 11 is 0. The Balaban J connectivity index is 2.66. The molecule has 1 saturated carbocycles. The highest BCUT2D eigenvalue weighted by Gasteiger charge is 2.38. The third-order valence-corrected chi connectivity index (χ3v) is 4.97. The van der Waals surface area contributed by atoms with Crippen molar-refractivity contribution in [1.29, 1.82) is 0 Å². The molecule has 1 aliphatic rings. The number of amides is 3. The third kappa shape index (κ3) is 8.71. The fourth-order valence-corrected chi connectivity index (χ4v) is 3.52. The molecule has 0 aliphatic heterocycles. The van der Waals surface area contributed by atoms with Crippen LogP contribution in [-0.4, -0.2) is 60.8 Å². The van der Waals surface area contributed by atoms with Crippen molar-refractivity contribution in [3.63, 3.8) is 0 Å². The van der Waals surface area contributed by atoms with Gasteiger partial charge in [0.25, 0.3) is 0 Å². The van der Waals surface area contributed by atoms with Crippen LogP contribution >= 0.6 is 0 Å². The van der Waals surface area contributed by atoms with Gasteiger partial charge in [-0.15, -0.1) is 0 Å². The van der Waals surface area contributed by atoms with Crippen LogP contribution in [0.1, 0.15) is 51.9 Å². The Morgan fingerprint density at radius 3 is 1.48 bits per heavy atom. The van der Waals surface area contributed by atoms with E-state index in [1.54, 1.807) is 0 Å². The van der Waals surface area contributed by atoms with Crippen LogP contribution in [0.15, 0.2) is 0 Å². The van der Waals surface area contributed by atoms with Crippen molar-refractivity contribution in [2.75, 3.05) is 32.8 Å². The number of hydrogen-bond acceptors (Lipinski definition) is 5. The van der Waals surface area contributed by atoms with Crippen LogP contribution in [0.5, 0.6) is 0 Å². The first-order valence-electron chi connectivity index (χ1n) is 10.1. The monoisotopic (exact) mass is 385 g/mol.